The van der Waals surface area contributed by atoms with Gasteiger partial charge in [-0.25, -0.2) is 5.43 Å². The highest BCUT2D eigenvalue weighted by atomic mass is 16.4. The second-order valence-corrected chi connectivity index (χ2v) is 8.08. The maximum absolute atomic E-state index is 12.9. The molecule has 3 N–H and O–H groups in total. The van der Waals surface area contributed by atoms with Crippen molar-refractivity contribution in [1.82, 2.24) is 5.43 Å². The van der Waals surface area contributed by atoms with Crippen LogP contribution in [0, 0.1) is 20.8 Å². The molecule has 32 heavy (non-hydrogen) atoms. The third kappa shape index (κ3) is 4.42. The Bertz CT molecular complexity index is 1200. The molecule has 4 rings (SSSR count). The maximum Gasteiger partial charge on any atom is 0.291 e. The molecule has 1 heterocycles. The first-order valence-electron chi connectivity index (χ1n) is 10.5. The van der Waals surface area contributed by atoms with Gasteiger partial charge in [0.25, 0.3) is 11.8 Å². The number of carbonyl (C=O) groups is 2. The number of furan rings is 1. The van der Waals surface area contributed by atoms with Gasteiger partial charge in [0, 0.05) is 28.8 Å². The quantitative estimate of drug-likeness (QED) is 0.524. The molecule has 0 saturated heterocycles. The summed E-state index contributed by atoms with van der Waals surface area (Å²) in [6.45, 7) is 5.80. The van der Waals surface area contributed by atoms with Crippen LogP contribution >= 0.6 is 0 Å². The molecule has 1 aliphatic carbocycles. The smallest absolute Gasteiger partial charge is 0.291 e. The minimum absolute atomic E-state index is 0.0884. The highest BCUT2D eigenvalue weighted by Crippen LogP contribution is 2.30. The lowest BCUT2D eigenvalue weighted by atomic mass is 9.93. The van der Waals surface area contributed by atoms with E-state index < -0.39 is 0 Å². The summed E-state index contributed by atoms with van der Waals surface area (Å²) in [7, 11) is 0. The van der Waals surface area contributed by atoms with Gasteiger partial charge in [-0.1, -0.05) is 6.07 Å². The Morgan fingerprint density at radius 2 is 1.66 bits per heavy atom. The van der Waals surface area contributed by atoms with Crippen molar-refractivity contribution in [2.45, 2.75) is 40.0 Å². The molecule has 7 heteroatoms. The number of phenols is 1. The number of hydrazone groups is 1. The molecule has 2 amide bonds. The maximum atomic E-state index is 12.9. The van der Waals surface area contributed by atoms with E-state index in [9.17, 15) is 14.7 Å². The molecule has 0 atom stereocenters. The number of carbonyl (C=O) groups excluding carboxylic acids is 2. The van der Waals surface area contributed by atoms with Crippen LogP contribution in [0.5, 0.6) is 5.75 Å². The molecule has 1 aliphatic rings. The molecule has 0 fully saturated rings. The number of phenolic OH excluding ortho intramolecular Hbond substituents is 1. The number of aryl methyl sites for hydroxylation is 3. The molecule has 0 spiro atoms. The van der Waals surface area contributed by atoms with Gasteiger partial charge >= 0.3 is 0 Å². The molecule has 3 aromatic rings. The van der Waals surface area contributed by atoms with Crippen molar-refractivity contribution < 1.29 is 19.1 Å². The van der Waals surface area contributed by atoms with E-state index in [0.717, 1.165) is 28.8 Å². The van der Waals surface area contributed by atoms with Crippen LogP contribution in [0.4, 0.5) is 5.69 Å². The molecule has 0 radical (unpaired) electrons. The monoisotopic (exact) mass is 431 g/mol. The Kier molecular flexibility index (Phi) is 5.81. The van der Waals surface area contributed by atoms with Gasteiger partial charge in [-0.05, 0) is 81.1 Å². The first-order chi connectivity index (χ1) is 15.3. The van der Waals surface area contributed by atoms with E-state index in [1.165, 1.54) is 24.3 Å². The van der Waals surface area contributed by atoms with Gasteiger partial charge < -0.3 is 14.8 Å². The number of anilines is 1. The molecule has 0 aliphatic heterocycles. The Balaban J connectivity index is 1.57. The van der Waals surface area contributed by atoms with Crippen LogP contribution in [-0.2, 0) is 6.42 Å². The summed E-state index contributed by atoms with van der Waals surface area (Å²) >= 11 is 0. The van der Waals surface area contributed by atoms with Gasteiger partial charge in [-0.2, -0.15) is 5.10 Å². The molecule has 1 aromatic heterocycles. The normalized spacial score (nSPS) is 14.2. The topological polar surface area (TPSA) is 104 Å². The predicted octanol–water partition coefficient (Wildman–Crippen LogP) is 4.63. The van der Waals surface area contributed by atoms with Gasteiger partial charge in [0.05, 0.1) is 5.71 Å². The van der Waals surface area contributed by atoms with Crippen LogP contribution < -0.4 is 10.7 Å². The number of fused-ring (bicyclic) bond motifs is 1. The van der Waals surface area contributed by atoms with Crippen LogP contribution in [0.1, 0.15) is 61.8 Å². The summed E-state index contributed by atoms with van der Waals surface area (Å²) in [4.78, 5) is 25.3. The van der Waals surface area contributed by atoms with E-state index in [0.29, 0.717) is 35.4 Å². The average molecular weight is 431 g/mol. The highest BCUT2D eigenvalue weighted by molar-refractivity contribution is 6.09. The highest BCUT2D eigenvalue weighted by Gasteiger charge is 2.28. The van der Waals surface area contributed by atoms with Gasteiger partial charge in [0.1, 0.15) is 11.5 Å². The first kappa shape index (κ1) is 21.4. The summed E-state index contributed by atoms with van der Waals surface area (Å²) in [6, 6.07) is 11.8. The third-order valence-electron chi connectivity index (χ3n) is 5.43. The largest absolute Gasteiger partial charge is 0.508 e. The van der Waals surface area contributed by atoms with Crippen molar-refractivity contribution in [2.75, 3.05) is 5.32 Å². The Morgan fingerprint density at radius 3 is 2.34 bits per heavy atom. The second kappa shape index (κ2) is 8.70. The van der Waals surface area contributed by atoms with Crippen molar-refractivity contribution in [1.29, 1.82) is 0 Å². The molecule has 7 nitrogen and oxygen atoms in total. The number of rotatable bonds is 4. The fraction of sp³-hybridized carbons (Fsp3) is 0.240. The molecular weight excluding hydrogens is 406 g/mol. The van der Waals surface area contributed by atoms with Crippen molar-refractivity contribution in [3.8, 4) is 5.75 Å². The van der Waals surface area contributed by atoms with E-state index >= 15 is 0 Å². The first-order valence-corrected chi connectivity index (χ1v) is 10.5. The van der Waals surface area contributed by atoms with Crippen LogP contribution in [0.3, 0.4) is 0 Å². The Hall–Kier alpha value is -3.87. The van der Waals surface area contributed by atoms with Gasteiger partial charge in [-0.3, -0.25) is 9.59 Å². The molecule has 0 saturated carbocycles. The van der Waals surface area contributed by atoms with Crippen LogP contribution in [0.2, 0.25) is 0 Å². The summed E-state index contributed by atoms with van der Waals surface area (Å²) in [5.41, 5.74) is 7.99. The number of hydrogen-bond donors (Lipinski definition) is 3. The van der Waals surface area contributed by atoms with Crippen LogP contribution in [0.15, 0.2) is 52.0 Å². The van der Waals surface area contributed by atoms with E-state index in [4.69, 9.17) is 4.42 Å². The van der Waals surface area contributed by atoms with Crippen molar-refractivity contribution >= 4 is 23.2 Å². The van der Waals surface area contributed by atoms with Crippen LogP contribution in [-0.4, -0.2) is 22.6 Å². The lowest BCUT2D eigenvalue weighted by Gasteiger charge is -2.13. The van der Waals surface area contributed by atoms with Crippen molar-refractivity contribution in [2.24, 2.45) is 5.10 Å². The van der Waals surface area contributed by atoms with Crippen molar-refractivity contribution in [3.05, 3.63) is 81.8 Å². The molecule has 0 bridgehead atoms. The summed E-state index contributed by atoms with van der Waals surface area (Å²) in [6.07, 6.45) is 2.19. The Morgan fingerprint density at radius 1 is 0.969 bits per heavy atom. The zero-order valence-corrected chi connectivity index (χ0v) is 18.3. The number of benzene rings is 2. The molecule has 2 aromatic carbocycles. The van der Waals surface area contributed by atoms with E-state index in [-0.39, 0.29) is 23.3 Å². The van der Waals surface area contributed by atoms with E-state index in [2.05, 4.69) is 15.8 Å². The summed E-state index contributed by atoms with van der Waals surface area (Å²) in [5.74, 6) is 0.365. The molecular formula is C25H25N3O4. The minimum atomic E-state index is -0.376. The second-order valence-electron chi connectivity index (χ2n) is 8.08. The number of nitrogens with one attached hydrogen (secondary N) is 2. The lowest BCUT2D eigenvalue weighted by Crippen LogP contribution is -2.22. The minimum Gasteiger partial charge on any atom is -0.508 e. The standard InChI is InChI=1S/C25H25N3O4/c1-14-11-15(2)13-18(12-14)26-25(31)23-16(3)22-20(5-4-6-21(22)32-23)27-28-24(30)17-7-9-19(29)10-8-17/h7-13,29H,4-6H2,1-3H3,(H,26,31)(H,28,30)/b27-20+. The van der Waals surface area contributed by atoms with Crippen LogP contribution in [0.25, 0.3) is 0 Å². The van der Waals surface area contributed by atoms with Gasteiger partial charge in [0.2, 0.25) is 0 Å². The van der Waals surface area contributed by atoms with Gasteiger partial charge in [-0.15, -0.1) is 0 Å². The van der Waals surface area contributed by atoms with Crippen molar-refractivity contribution in [3.63, 3.8) is 0 Å². The average Bonchev–Trinajstić information content (AvgIpc) is 3.09. The number of amides is 2. The number of hydrogen-bond acceptors (Lipinski definition) is 5. The third-order valence-corrected chi connectivity index (χ3v) is 5.43. The van der Waals surface area contributed by atoms with Gasteiger partial charge in [0.15, 0.2) is 5.76 Å². The summed E-state index contributed by atoms with van der Waals surface area (Å²) < 4.78 is 5.93. The number of nitrogens with zero attached hydrogens (tertiary/aromatic N) is 1. The zero-order chi connectivity index (χ0) is 22.8. The predicted molar refractivity (Wildman–Crippen MR) is 122 cm³/mol. The molecule has 164 valence electrons. The fourth-order valence-electron chi connectivity index (χ4n) is 4.03. The Labute approximate surface area is 186 Å². The molecule has 0 unspecified atom stereocenters. The SMILES string of the molecule is Cc1cc(C)cc(NC(=O)c2oc3c(c2C)/C(=N/NC(=O)c2ccc(O)cc2)CCC3)c1. The number of aromatic hydroxyl groups is 1. The lowest BCUT2D eigenvalue weighted by molar-refractivity contribution is 0.0953. The van der Waals surface area contributed by atoms with E-state index in [1.54, 1.807) is 0 Å². The van der Waals surface area contributed by atoms with E-state index in [1.807, 2.05) is 39.0 Å². The fourth-order valence-corrected chi connectivity index (χ4v) is 4.03. The zero-order valence-electron chi connectivity index (χ0n) is 18.3. The summed E-state index contributed by atoms with van der Waals surface area (Å²) in [5, 5.41) is 16.6.